The number of phenols is 1. The van der Waals surface area contributed by atoms with Gasteiger partial charge in [-0.25, -0.2) is 0 Å². The van der Waals surface area contributed by atoms with Gasteiger partial charge in [0.25, 0.3) is 0 Å². The lowest BCUT2D eigenvalue weighted by molar-refractivity contribution is 0.465. The van der Waals surface area contributed by atoms with E-state index in [0.717, 1.165) is 5.56 Å². The molecule has 1 atom stereocenters. The Morgan fingerprint density at radius 1 is 1.00 bits per heavy atom. The molecule has 0 fully saturated rings. The second kappa shape index (κ2) is 4.56. The van der Waals surface area contributed by atoms with E-state index in [4.69, 9.17) is 17.3 Å². The predicted octanol–water partition coefficient (Wildman–Crippen LogP) is 3.09. The van der Waals surface area contributed by atoms with Crippen LogP contribution in [-0.2, 0) is 0 Å². The second-order valence-electron chi connectivity index (χ2n) is 3.59. The molecule has 0 heterocycles. The van der Waals surface area contributed by atoms with Gasteiger partial charge < -0.3 is 10.8 Å². The SMILES string of the molecule is N[C@@H](c1ccc(Cl)cc1)c1ccccc1O. The third-order valence-electron chi connectivity index (χ3n) is 2.50. The maximum atomic E-state index is 9.69. The molecule has 16 heavy (non-hydrogen) atoms. The molecule has 0 amide bonds. The monoisotopic (exact) mass is 233 g/mol. The first-order valence-electron chi connectivity index (χ1n) is 4.97. The number of benzene rings is 2. The van der Waals surface area contributed by atoms with Gasteiger partial charge in [-0.15, -0.1) is 0 Å². The van der Waals surface area contributed by atoms with Crippen molar-refractivity contribution in [3.63, 3.8) is 0 Å². The molecule has 0 radical (unpaired) electrons. The molecule has 2 aromatic rings. The van der Waals surface area contributed by atoms with Crippen molar-refractivity contribution in [3.8, 4) is 5.75 Å². The first kappa shape index (κ1) is 11.0. The van der Waals surface area contributed by atoms with Crippen LogP contribution in [0.3, 0.4) is 0 Å². The summed E-state index contributed by atoms with van der Waals surface area (Å²) in [6.07, 6.45) is 0. The molecule has 0 spiro atoms. The van der Waals surface area contributed by atoms with Crippen LogP contribution in [0.5, 0.6) is 5.75 Å². The van der Waals surface area contributed by atoms with Gasteiger partial charge in [-0.1, -0.05) is 41.9 Å². The van der Waals surface area contributed by atoms with Gasteiger partial charge in [0.05, 0.1) is 6.04 Å². The maximum Gasteiger partial charge on any atom is 0.120 e. The lowest BCUT2D eigenvalue weighted by Gasteiger charge is -2.13. The van der Waals surface area contributed by atoms with Crippen molar-refractivity contribution >= 4 is 11.6 Å². The van der Waals surface area contributed by atoms with Gasteiger partial charge in [-0.05, 0) is 23.8 Å². The molecule has 0 saturated carbocycles. The number of para-hydroxylation sites is 1. The zero-order chi connectivity index (χ0) is 11.5. The number of hydrogen-bond acceptors (Lipinski definition) is 2. The zero-order valence-electron chi connectivity index (χ0n) is 8.60. The van der Waals surface area contributed by atoms with Gasteiger partial charge >= 0.3 is 0 Å². The number of rotatable bonds is 2. The minimum Gasteiger partial charge on any atom is -0.508 e. The normalized spacial score (nSPS) is 12.4. The van der Waals surface area contributed by atoms with Gasteiger partial charge in [0.15, 0.2) is 0 Å². The average molecular weight is 234 g/mol. The summed E-state index contributed by atoms with van der Waals surface area (Å²) in [4.78, 5) is 0. The second-order valence-corrected chi connectivity index (χ2v) is 4.02. The maximum absolute atomic E-state index is 9.69. The fourth-order valence-corrected chi connectivity index (χ4v) is 1.73. The Kier molecular flexibility index (Phi) is 3.13. The predicted molar refractivity (Wildman–Crippen MR) is 65.6 cm³/mol. The molecule has 3 N–H and O–H groups in total. The fraction of sp³-hybridized carbons (Fsp3) is 0.0769. The molecule has 2 nitrogen and oxygen atoms in total. The van der Waals surface area contributed by atoms with Crippen LogP contribution in [0, 0.1) is 0 Å². The van der Waals surface area contributed by atoms with E-state index in [1.165, 1.54) is 0 Å². The fourth-order valence-electron chi connectivity index (χ4n) is 1.60. The summed E-state index contributed by atoms with van der Waals surface area (Å²) in [5.41, 5.74) is 7.70. The lowest BCUT2D eigenvalue weighted by atomic mass is 9.99. The van der Waals surface area contributed by atoms with Gasteiger partial charge in [-0.3, -0.25) is 0 Å². The van der Waals surface area contributed by atoms with E-state index in [9.17, 15) is 5.11 Å². The molecule has 82 valence electrons. The van der Waals surface area contributed by atoms with Gasteiger partial charge in [-0.2, -0.15) is 0 Å². The third kappa shape index (κ3) is 2.18. The molecule has 0 bridgehead atoms. The van der Waals surface area contributed by atoms with Crippen LogP contribution < -0.4 is 5.73 Å². The summed E-state index contributed by atoms with van der Waals surface area (Å²) in [6.45, 7) is 0. The Balaban J connectivity index is 2.35. The Labute approximate surface area is 99.3 Å². The first-order chi connectivity index (χ1) is 7.68. The molecule has 0 aliphatic carbocycles. The average Bonchev–Trinajstić information content (AvgIpc) is 2.30. The minimum atomic E-state index is -0.335. The zero-order valence-corrected chi connectivity index (χ0v) is 9.35. The summed E-state index contributed by atoms with van der Waals surface area (Å²) in [5, 5.41) is 10.4. The van der Waals surface area contributed by atoms with Crippen LogP contribution in [-0.4, -0.2) is 5.11 Å². The Morgan fingerprint density at radius 2 is 1.62 bits per heavy atom. The van der Waals surface area contributed by atoms with E-state index in [0.29, 0.717) is 10.6 Å². The van der Waals surface area contributed by atoms with E-state index in [1.807, 2.05) is 24.3 Å². The van der Waals surface area contributed by atoms with Crippen molar-refractivity contribution in [1.82, 2.24) is 0 Å². The van der Waals surface area contributed by atoms with Crippen LogP contribution >= 0.6 is 11.6 Å². The molecule has 0 aliphatic rings. The number of aromatic hydroxyl groups is 1. The molecular formula is C13H12ClNO. The Morgan fingerprint density at radius 3 is 2.25 bits per heavy atom. The third-order valence-corrected chi connectivity index (χ3v) is 2.75. The molecule has 2 rings (SSSR count). The quantitative estimate of drug-likeness (QED) is 0.837. The van der Waals surface area contributed by atoms with E-state index < -0.39 is 0 Å². The van der Waals surface area contributed by atoms with Crippen molar-refractivity contribution in [3.05, 3.63) is 64.7 Å². The van der Waals surface area contributed by atoms with Crippen LogP contribution in [0.15, 0.2) is 48.5 Å². The van der Waals surface area contributed by atoms with E-state index >= 15 is 0 Å². The van der Waals surface area contributed by atoms with E-state index in [-0.39, 0.29) is 11.8 Å². The number of hydrogen-bond donors (Lipinski definition) is 2. The molecule has 0 aromatic heterocycles. The molecule has 3 heteroatoms. The van der Waals surface area contributed by atoms with Crippen molar-refractivity contribution in [2.24, 2.45) is 5.73 Å². The standard InChI is InChI=1S/C13H12ClNO/c14-10-7-5-9(6-8-10)13(15)11-3-1-2-4-12(11)16/h1-8,13,16H,15H2/t13-/m0/s1. The van der Waals surface area contributed by atoms with Gasteiger partial charge in [0.1, 0.15) is 5.75 Å². The van der Waals surface area contributed by atoms with Crippen molar-refractivity contribution < 1.29 is 5.11 Å². The largest absolute Gasteiger partial charge is 0.508 e. The summed E-state index contributed by atoms with van der Waals surface area (Å²) in [5.74, 6) is 0.213. The number of nitrogens with two attached hydrogens (primary N) is 1. The first-order valence-corrected chi connectivity index (χ1v) is 5.35. The van der Waals surface area contributed by atoms with Gasteiger partial charge in [0, 0.05) is 10.6 Å². The summed E-state index contributed by atoms with van der Waals surface area (Å²) >= 11 is 5.80. The Hall–Kier alpha value is -1.51. The van der Waals surface area contributed by atoms with E-state index in [2.05, 4.69) is 0 Å². The van der Waals surface area contributed by atoms with Gasteiger partial charge in [0.2, 0.25) is 0 Å². The number of halogens is 1. The highest BCUT2D eigenvalue weighted by Gasteiger charge is 2.11. The highest BCUT2D eigenvalue weighted by atomic mass is 35.5. The van der Waals surface area contributed by atoms with Crippen LogP contribution in [0.25, 0.3) is 0 Å². The van der Waals surface area contributed by atoms with E-state index in [1.54, 1.807) is 24.3 Å². The van der Waals surface area contributed by atoms with Crippen LogP contribution in [0.4, 0.5) is 0 Å². The summed E-state index contributed by atoms with van der Waals surface area (Å²) in [7, 11) is 0. The van der Waals surface area contributed by atoms with Crippen molar-refractivity contribution in [1.29, 1.82) is 0 Å². The molecule has 0 saturated heterocycles. The molecule has 2 aromatic carbocycles. The summed E-state index contributed by atoms with van der Waals surface area (Å²) < 4.78 is 0. The lowest BCUT2D eigenvalue weighted by Crippen LogP contribution is -2.11. The van der Waals surface area contributed by atoms with Crippen LogP contribution in [0.2, 0.25) is 5.02 Å². The van der Waals surface area contributed by atoms with Crippen molar-refractivity contribution in [2.75, 3.05) is 0 Å². The molecule has 0 unspecified atom stereocenters. The molecule has 0 aliphatic heterocycles. The smallest absolute Gasteiger partial charge is 0.120 e. The highest BCUT2D eigenvalue weighted by Crippen LogP contribution is 2.27. The number of phenolic OH excluding ortho intramolecular Hbond substituents is 1. The van der Waals surface area contributed by atoms with Crippen LogP contribution in [0.1, 0.15) is 17.2 Å². The highest BCUT2D eigenvalue weighted by molar-refractivity contribution is 6.30. The molecular weight excluding hydrogens is 222 g/mol. The Bertz CT molecular complexity index is 482. The minimum absolute atomic E-state index is 0.213. The van der Waals surface area contributed by atoms with Crippen molar-refractivity contribution in [2.45, 2.75) is 6.04 Å². The summed E-state index contributed by atoms with van der Waals surface area (Å²) in [6, 6.07) is 14.0. The topological polar surface area (TPSA) is 46.2 Å².